The van der Waals surface area contributed by atoms with Crippen molar-refractivity contribution in [2.24, 2.45) is 5.14 Å². The predicted octanol–water partition coefficient (Wildman–Crippen LogP) is 1.16. The van der Waals surface area contributed by atoms with Crippen molar-refractivity contribution in [2.45, 2.75) is 17.7 Å². The first-order valence-corrected chi connectivity index (χ1v) is 9.22. The topological polar surface area (TPSA) is 118 Å². The number of rotatable bonds is 7. The molecule has 4 N–H and O–H groups in total. The zero-order chi connectivity index (χ0) is 19.2. The average Bonchev–Trinajstić information content (AvgIpc) is 2.54. The maximum Gasteiger partial charge on any atom is 0.238 e. The van der Waals surface area contributed by atoms with Crippen LogP contribution >= 0.6 is 0 Å². The van der Waals surface area contributed by atoms with Crippen molar-refractivity contribution in [3.8, 4) is 0 Å². The number of carbonyl (C=O) groups excluding carboxylic acids is 2. The number of nitrogens with one attached hydrogen (secondary N) is 2. The van der Waals surface area contributed by atoms with Crippen LogP contribution in [0.5, 0.6) is 0 Å². The van der Waals surface area contributed by atoms with Crippen molar-refractivity contribution in [1.29, 1.82) is 0 Å². The molecule has 2 rings (SSSR count). The molecule has 0 radical (unpaired) electrons. The summed E-state index contributed by atoms with van der Waals surface area (Å²) < 4.78 is 36.0. The van der Waals surface area contributed by atoms with Gasteiger partial charge < -0.3 is 10.6 Å². The minimum absolute atomic E-state index is 0.0327. The monoisotopic (exact) mass is 379 g/mol. The number of nitrogens with two attached hydrogens (primary N) is 1. The Morgan fingerprint density at radius 3 is 2.38 bits per heavy atom. The Morgan fingerprint density at radius 1 is 1.04 bits per heavy atom. The van der Waals surface area contributed by atoms with Crippen molar-refractivity contribution in [3.05, 3.63) is 59.9 Å². The molecular weight excluding hydrogens is 361 g/mol. The summed E-state index contributed by atoms with van der Waals surface area (Å²) in [5.74, 6) is -1.58. The number of amides is 2. The first-order valence-electron chi connectivity index (χ1n) is 7.68. The molecule has 0 bridgehead atoms. The quantitative estimate of drug-likeness (QED) is 0.669. The molecule has 0 saturated carbocycles. The van der Waals surface area contributed by atoms with E-state index in [-0.39, 0.29) is 31.0 Å². The molecule has 0 aliphatic rings. The van der Waals surface area contributed by atoms with Gasteiger partial charge >= 0.3 is 0 Å². The van der Waals surface area contributed by atoms with Crippen LogP contribution in [-0.4, -0.2) is 26.8 Å². The fraction of sp³-hybridized carbons (Fsp3) is 0.176. The Hall–Kier alpha value is -2.78. The summed E-state index contributed by atoms with van der Waals surface area (Å²) >= 11 is 0. The van der Waals surface area contributed by atoms with Crippen LogP contribution in [0.4, 0.5) is 10.1 Å². The molecule has 2 aromatic rings. The highest BCUT2D eigenvalue weighted by molar-refractivity contribution is 7.89. The number of sulfonamides is 1. The van der Waals surface area contributed by atoms with E-state index in [0.29, 0.717) is 0 Å². The molecule has 7 nitrogen and oxygen atoms in total. The molecule has 0 heterocycles. The summed E-state index contributed by atoms with van der Waals surface area (Å²) in [5, 5.41) is 9.92. The minimum atomic E-state index is -4.09. The fourth-order valence-corrected chi connectivity index (χ4v) is 2.75. The second-order valence-electron chi connectivity index (χ2n) is 5.53. The van der Waals surface area contributed by atoms with E-state index in [1.807, 2.05) is 30.3 Å². The van der Waals surface area contributed by atoms with E-state index < -0.39 is 26.6 Å². The number of halogens is 1. The predicted molar refractivity (Wildman–Crippen MR) is 94.2 cm³/mol. The van der Waals surface area contributed by atoms with Gasteiger partial charge in [0.05, 0.1) is 11.3 Å². The largest absolute Gasteiger partial charge is 0.355 e. The number of hydrogen-bond acceptors (Lipinski definition) is 4. The van der Waals surface area contributed by atoms with Gasteiger partial charge in [-0.25, -0.2) is 17.9 Å². The maximum atomic E-state index is 13.4. The lowest BCUT2D eigenvalue weighted by Gasteiger charge is -2.08. The fourth-order valence-electron chi connectivity index (χ4n) is 2.18. The molecule has 0 aliphatic heterocycles. The maximum absolute atomic E-state index is 13.4. The number of benzene rings is 2. The van der Waals surface area contributed by atoms with E-state index in [4.69, 9.17) is 5.14 Å². The smallest absolute Gasteiger partial charge is 0.238 e. The first kappa shape index (κ1) is 19.5. The van der Waals surface area contributed by atoms with Crippen LogP contribution in [0.2, 0.25) is 0 Å². The van der Waals surface area contributed by atoms with Crippen molar-refractivity contribution in [2.75, 3.05) is 11.9 Å². The Bertz CT molecular complexity index is 901. The van der Waals surface area contributed by atoms with Crippen LogP contribution in [0.1, 0.15) is 12.0 Å². The molecule has 2 aromatic carbocycles. The third kappa shape index (κ3) is 6.26. The van der Waals surface area contributed by atoms with Gasteiger partial charge in [-0.15, -0.1) is 0 Å². The molecule has 9 heteroatoms. The number of hydrogen-bond donors (Lipinski definition) is 3. The lowest BCUT2D eigenvalue weighted by atomic mass is 10.1. The molecule has 0 unspecified atom stereocenters. The van der Waals surface area contributed by atoms with E-state index in [1.165, 1.54) is 0 Å². The van der Waals surface area contributed by atoms with E-state index in [0.717, 1.165) is 23.8 Å². The summed E-state index contributed by atoms with van der Waals surface area (Å²) in [5.41, 5.74) is 0.819. The molecule has 0 saturated heterocycles. The third-order valence-electron chi connectivity index (χ3n) is 3.37. The van der Waals surface area contributed by atoms with E-state index in [2.05, 4.69) is 10.6 Å². The second kappa shape index (κ2) is 8.54. The molecule has 0 aliphatic carbocycles. The van der Waals surface area contributed by atoms with E-state index in [1.54, 1.807) is 0 Å². The average molecular weight is 379 g/mol. The van der Waals surface area contributed by atoms with Gasteiger partial charge in [0.1, 0.15) is 5.82 Å². The lowest BCUT2D eigenvalue weighted by Crippen LogP contribution is -2.28. The molecule has 0 aromatic heterocycles. The number of primary sulfonamides is 1. The zero-order valence-corrected chi connectivity index (χ0v) is 14.6. The van der Waals surface area contributed by atoms with Crippen molar-refractivity contribution < 1.29 is 22.4 Å². The normalized spacial score (nSPS) is 11.0. The zero-order valence-electron chi connectivity index (χ0n) is 13.7. The van der Waals surface area contributed by atoms with Crippen LogP contribution in [0, 0.1) is 5.82 Å². The Labute approximate surface area is 150 Å². The second-order valence-corrected chi connectivity index (χ2v) is 7.09. The summed E-state index contributed by atoms with van der Waals surface area (Å²) in [6.07, 6.45) is 0.145. The van der Waals surface area contributed by atoms with Gasteiger partial charge in [0.2, 0.25) is 21.8 Å². The highest BCUT2D eigenvalue weighted by Gasteiger charge is 2.12. The SMILES string of the molecule is NS(=O)(=O)c1cc(F)cc(NC(=O)CCNC(=O)Cc2ccccc2)c1. The van der Waals surface area contributed by atoms with Crippen LogP contribution < -0.4 is 15.8 Å². The lowest BCUT2D eigenvalue weighted by molar-refractivity contribution is -0.120. The van der Waals surface area contributed by atoms with Gasteiger partial charge in [0.25, 0.3) is 0 Å². The minimum Gasteiger partial charge on any atom is -0.355 e. The highest BCUT2D eigenvalue weighted by Crippen LogP contribution is 2.17. The summed E-state index contributed by atoms with van der Waals surface area (Å²) in [4.78, 5) is 23.2. The van der Waals surface area contributed by atoms with Gasteiger partial charge in [-0.3, -0.25) is 9.59 Å². The first-order chi connectivity index (χ1) is 12.2. The van der Waals surface area contributed by atoms with Crippen LogP contribution in [0.25, 0.3) is 0 Å². The molecule has 0 atom stereocenters. The molecule has 0 fully saturated rings. The Kier molecular flexibility index (Phi) is 6.42. The summed E-state index contributed by atoms with van der Waals surface area (Å²) in [6, 6.07) is 11.9. The Balaban J connectivity index is 1.84. The van der Waals surface area contributed by atoms with E-state index in [9.17, 15) is 22.4 Å². The van der Waals surface area contributed by atoms with Gasteiger partial charge in [0, 0.05) is 18.7 Å². The van der Waals surface area contributed by atoms with Gasteiger partial charge in [0.15, 0.2) is 0 Å². The molecule has 2 amide bonds. The van der Waals surface area contributed by atoms with Crippen molar-refractivity contribution in [1.82, 2.24) is 5.32 Å². The standard InChI is InChI=1S/C17H18FN3O4S/c18-13-9-14(11-15(10-13)26(19,24)25)21-16(22)6-7-20-17(23)8-12-4-2-1-3-5-12/h1-5,9-11H,6-8H2,(H,20,23)(H,21,22)(H2,19,24,25). The van der Waals surface area contributed by atoms with E-state index >= 15 is 0 Å². The molecular formula is C17H18FN3O4S. The van der Waals surface area contributed by atoms with Crippen LogP contribution in [-0.2, 0) is 26.0 Å². The van der Waals surface area contributed by atoms with Gasteiger partial charge in [-0.05, 0) is 23.8 Å². The summed E-state index contributed by atoms with van der Waals surface area (Å²) in [6.45, 7) is 0.0921. The van der Waals surface area contributed by atoms with Crippen molar-refractivity contribution >= 4 is 27.5 Å². The Morgan fingerprint density at radius 2 is 1.73 bits per heavy atom. The molecule has 138 valence electrons. The van der Waals surface area contributed by atoms with Crippen LogP contribution in [0.15, 0.2) is 53.4 Å². The van der Waals surface area contributed by atoms with Crippen molar-refractivity contribution in [3.63, 3.8) is 0 Å². The summed E-state index contributed by atoms with van der Waals surface area (Å²) in [7, 11) is -4.09. The van der Waals surface area contributed by atoms with Gasteiger partial charge in [-0.2, -0.15) is 0 Å². The molecule has 26 heavy (non-hydrogen) atoms. The van der Waals surface area contributed by atoms with Crippen LogP contribution in [0.3, 0.4) is 0 Å². The number of anilines is 1. The van der Waals surface area contributed by atoms with Gasteiger partial charge in [-0.1, -0.05) is 30.3 Å². The third-order valence-corrected chi connectivity index (χ3v) is 4.26. The highest BCUT2D eigenvalue weighted by atomic mass is 32.2. The number of carbonyl (C=O) groups is 2. The molecule has 0 spiro atoms.